The van der Waals surface area contributed by atoms with E-state index < -0.39 is 33.9 Å². The van der Waals surface area contributed by atoms with E-state index in [0.717, 1.165) is 11.1 Å². The first-order chi connectivity index (χ1) is 13.5. The molecule has 1 fully saturated rings. The van der Waals surface area contributed by atoms with E-state index in [9.17, 15) is 31.2 Å². The summed E-state index contributed by atoms with van der Waals surface area (Å²) >= 11 is 0. The Morgan fingerprint density at radius 2 is 2.00 bits per heavy atom. The number of carbonyl (C=O) groups excluding carboxylic acids is 2. The molecule has 2 heterocycles. The third kappa shape index (κ3) is 5.46. The van der Waals surface area contributed by atoms with Gasteiger partial charge >= 0.3 is 6.36 Å². The highest BCUT2D eigenvalue weighted by atomic mass is 32.2. The lowest BCUT2D eigenvalue weighted by atomic mass is 10.1. The van der Waals surface area contributed by atoms with Crippen molar-refractivity contribution in [3.05, 3.63) is 29.8 Å². The summed E-state index contributed by atoms with van der Waals surface area (Å²) in [5.41, 5.74) is 0.132. The average Bonchev–Trinajstić information content (AvgIpc) is 2.99. The number of para-hydroxylation sites is 1. The molecule has 0 spiro atoms. The SMILES string of the molecule is O=C(NCc1ccccc1OC(F)(F)F)C1=NN([C@H]2CCS(=O)(=O)C2)C(=O)CC1. The molecule has 2 aliphatic heterocycles. The molecule has 158 valence electrons. The number of ether oxygens (including phenoxy) is 1. The Bertz CT molecular complexity index is 946. The Balaban J connectivity index is 1.68. The smallest absolute Gasteiger partial charge is 0.405 e. The minimum Gasteiger partial charge on any atom is -0.405 e. The van der Waals surface area contributed by atoms with Crippen molar-refractivity contribution in [1.29, 1.82) is 0 Å². The molecule has 1 aromatic carbocycles. The molecule has 0 saturated carbocycles. The number of sulfone groups is 1. The molecule has 3 rings (SSSR count). The summed E-state index contributed by atoms with van der Waals surface area (Å²) in [6, 6.07) is 4.77. The zero-order valence-corrected chi connectivity index (χ0v) is 15.9. The molecule has 1 aromatic rings. The van der Waals surface area contributed by atoms with Crippen molar-refractivity contribution >= 4 is 27.4 Å². The van der Waals surface area contributed by atoms with Gasteiger partial charge in [0.1, 0.15) is 11.5 Å². The number of carbonyl (C=O) groups is 2. The summed E-state index contributed by atoms with van der Waals surface area (Å²) in [6.07, 6.45) is -4.57. The third-order valence-electron chi connectivity index (χ3n) is 4.51. The van der Waals surface area contributed by atoms with Gasteiger partial charge in [-0.25, -0.2) is 13.4 Å². The van der Waals surface area contributed by atoms with Gasteiger partial charge in [0, 0.05) is 24.9 Å². The van der Waals surface area contributed by atoms with E-state index in [1.54, 1.807) is 0 Å². The van der Waals surface area contributed by atoms with Crippen LogP contribution in [0.3, 0.4) is 0 Å². The average molecular weight is 433 g/mol. The molecule has 0 radical (unpaired) electrons. The van der Waals surface area contributed by atoms with E-state index in [0.29, 0.717) is 0 Å². The van der Waals surface area contributed by atoms with E-state index in [2.05, 4.69) is 15.2 Å². The molecule has 8 nitrogen and oxygen atoms in total. The number of alkyl halides is 3. The van der Waals surface area contributed by atoms with Crippen LogP contribution in [0.15, 0.2) is 29.4 Å². The number of hydrogen-bond acceptors (Lipinski definition) is 6. The quantitative estimate of drug-likeness (QED) is 0.755. The highest BCUT2D eigenvalue weighted by Gasteiger charge is 2.37. The van der Waals surface area contributed by atoms with Gasteiger partial charge in [-0.05, 0) is 12.5 Å². The zero-order chi connectivity index (χ0) is 21.2. The van der Waals surface area contributed by atoms with Crippen molar-refractivity contribution in [3.8, 4) is 5.75 Å². The molecule has 0 bridgehead atoms. The van der Waals surface area contributed by atoms with Crippen LogP contribution in [0.5, 0.6) is 5.75 Å². The van der Waals surface area contributed by atoms with Gasteiger partial charge in [-0.3, -0.25) is 9.59 Å². The van der Waals surface area contributed by atoms with Gasteiger partial charge in [-0.2, -0.15) is 5.10 Å². The van der Waals surface area contributed by atoms with Crippen molar-refractivity contribution in [2.45, 2.75) is 38.2 Å². The number of nitrogens with zero attached hydrogens (tertiary/aromatic N) is 2. The molecule has 1 atom stereocenters. The van der Waals surface area contributed by atoms with Crippen LogP contribution in [0.1, 0.15) is 24.8 Å². The molecule has 2 amide bonds. The molecule has 0 aliphatic carbocycles. The fourth-order valence-electron chi connectivity index (χ4n) is 3.14. The number of hydrogen-bond donors (Lipinski definition) is 1. The lowest BCUT2D eigenvalue weighted by molar-refractivity contribution is -0.274. The van der Waals surface area contributed by atoms with Crippen molar-refractivity contribution in [3.63, 3.8) is 0 Å². The highest BCUT2D eigenvalue weighted by molar-refractivity contribution is 7.91. The Morgan fingerprint density at radius 1 is 1.28 bits per heavy atom. The van der Waals surface area contributed by atoms with E-state index in [-0.39, 0.29) is 54.5 Å². The van der Waals surface area contributed by atoms with Crippen molar-refractivity contribution in [1.82, 2.24) is 10.3 Å². The minimum atomic E-state index is -4.87. The van der Waals surface area contributed by atoms with Crippen molar-refractivity contribution in [2.24, 2.45) is 5.10 Å². The first kappa shape index (κ1) is 21.1. The molecule has 1 N–H and O–H groups in total. The lowest BCUT2D eigenvalue weighted by Crippen LogP contribution is -2.43. The van der Waals surface area contributed by atoms with Crippen LogP contribution in [0.4, 0.5) is 13.2 Å². The minimum absolute atomic E-state index is 0.00340. The molecule has 2 aliphatic rings. The largest absolute Gasteiger partial charge is 0.573 e. The fraction of sp³-hybridized carbons (Fsp3) is 0.471. The standard InChI is InChI=1S/C17H18F3N3O5S/c18-17(19,20)28-14-4-2-1-3-11(14)9-21-16(25)13-5-6-15(24)23(22-13)12-7-8-29(26,27)10-12/h1-4,12H,5-10H2,(H,21,25)/t12-/m0/s1. The topological polar surface area (TPSA) is 105 Å². The summed E-state index contributed by atoms with van der Waals surface area (Å²) in [5.74, 6) is -1.70. The Kier molecular flexibility index (Phi) is 5.82. The monoisotopic (exact) mass is 433 g/mol. The molecule has 29 heavy (non-hydrogen) atoms. The maximum absolute atomic E-state index is 12.5. The Hall–Kier alpha value is -2.63. The number of benzene rings is 1. The highest BCUT2D eigenvalue weighted by Crippen LogP contribution is 2.26. The number of hydrazone groups is 1. The normalized spacial score (nSPS) is 21.6. The summed E-state index contributed by atoms with van der Waals surface area (Å²) in [7, 11) is -3.24. The van der Waals surface area contributed by atoms with Crippen LogP contribution >= 0.6 is 0 Å². The summed E-state index contributed by atoms with van der Waals surface area (Å²) in [5, 5.41) is 7.53. The van der Waals surface area contributed by atoms with Gasteiger partial charge in [0.25, 0.3) is 5.91 Å². The van der Waals surface area contributed by atoms with Gasteiger partial charge in [0.2, 0.25) is 5.91 Å². The van der Waals surface area contributed by atoms with Crippen LogP contribution in [-0.2, 0) is 26.0 Å². The van der Waals surface area contributed by atoms with Crippen molar-refractivity contribution in [2.75, 3.05) is 11.5 Å². The first-order valence-corrected chi connectivity index (χ1v) is 10.6. The van der Waals surface area contributed by atoms with Gasteiger partial charge in [0.15, 0.2) is 9.84 Å². The summed E-state index contributed by atoms with van der Waals surface area (Å²) < 4.78 is 64.7. The summed E-state index contributed by atoms with van der Waals surface area (Å²) in [4.78, 5) is 24.5. The second-order valence-corrected chi connectivity index (χ2v) is 8.91. The van der Waals surface area contributed by atoms with E-state index in [1.165, 1.54) is 18.2 Å². The van der Waals surface area contributed by atoms with Gasteiger partial charge < -0.3 is 10.1 Å². The predicted molar refractivity (Wildman–Crippen MR) is 95.5 cm³/mol. The number of amides is 2. The van der Waals surface area contributed by atoms with E-state index in [4.69, 9.17) is 0 Å². The fourth-order valence-corrected chi connectivity index (χ4v) is 4.83. The van der Waals surface area contributed by atoms with Gasteiger partial charge in [-0.1, -0.05) is 18.2 Å². The van der Waals surface area contributed by atoms with Crippen LogP contribution < -0.4 is 10.1 Å². The third-order valence-corrected chi connectivity index (χ3v) is 6.26. The molecule has 0 unspecified atom stereocenters. The van der Waals surface area contributed by atoms with Crippen LogP contribution in [-0.4, -0.2) is 54.9 Å². The lowest BCUT2D eigenvalue weighted by Gasteiger charge is -2.27. The zero-order valence-electron chi connectivity index (χ0n) is 15.1. The van der Waals surface area contributed by atoms with Crippen LogP contribution in [0, 0.1) is 0 Å². The van der Waals surface area contributed by atoms with Crippen LogP contribution in [0.2, 0.25) is 0 Å². The molecule has 0 aromatic heterocycles. The van der Waals surface area contributed by atoms with Crippen molar-refractivity contribution < 1.29 is 35.9 Å². The Labute approximate surface area is 164 Å². The molecular weight excluding hydrogens is 415 g/mol. The maximum atomic E-state index is 12.5. The van der Waals surface area contributed by atoms with Gasteiger partial charge in [-0.15, -0.1) is 13.2 Å². The van der Waals surface area contributed by atoms with Gasteiger partial charge in [0.05, 0.1) is 17.5 Å². The maximum Gasteiger partial charge on any atom is 0.573 e. The van der Waals surface area contributed by atoms with E-state index >= 15 is 0 Å². The number of nitrogens with one attached hydrogen (secondary N) is 1. The van der Waals surface area contributed by atoms with E-state index in [1.807, 2.05) is 0 Å². The Morgan fingerprint density at radius 3 is 2.66 bits per heavy atom. The molecule has 1 saturated heterocycles. The summed E-state index contributed by atoms with van der Waals surface area (Å²) in [6.45, 7) is -0.240. The number of halogens is 3. The first-order valence-electron chi connectivity index (χ1n) is 8.76. The molecular formula is C17H18F3N3O5S. The predicted octanol–water partition coefficient (Wildman–Crippen LogP) is 1.37. The number of rotatable bonds is 5. The molecule has 12 heteroatoms. The van der Waals surface area contributed by atoms with Crippen LogP contribution in [0.25, 0.3) is 0 Å². The second kappa shape index (κ2) is 8.01. The second-order valence-electron chi connectivity index (χ2n) is 6.68.